The Morgan fingerprint density at radius 2 is 1.67 bits per heavy atom. The minimum atomic E-state index is -0.691. The lowest BCUT2D eigenvalue weighted by Gasteiger charge is -2.30. The zero-order valence-electron chi connectivity index (χ0n) is 19.8. The number of benzene rings is 2. The monoisotopic (exact) mass is 494 g/mol. The highest BCUT2D eigenvalue weighted by molar-refractivity contribution is 6.36. The molecule has 0 heterocycles. The van der Waals surface area contributed by atoms with E-state index in [0.717, 1.165) is 12.0 Å². The molecule has 180 valence electrons. The van der Waals surface area contributed by atoms with E-state index in [0.29, 0.717) is 33.5 Å². The van der Waals surface area contributed by atoms with Gasteiger partial charge in [0.1, 0.15) is 6.04 Å². The van der Waals surface area contributed by atoms with E-state index in [1.54, 1.807) is 39.3 Å². The molecule has 1 N–H and O–H groups in total. The van der Waals surface area contributed by atoms with Crippen molar-refractivity contribution in [1.82, 2.24) is 10.2 Å². The van der Waals surface area contributed by atoms with Crippen molar-refractivity contribution in [3.63, 3.8) is 0 Å². The van der Waals surface area contributed by atoms with E-state index in [1.165, 1.54) is 4.90 Å². The Morgan fingerprint density at radius 1 is 1.03 bits per heavy atom. The Labute approximate surface area is 206 Å². The highest BCUT2D eigenvalue weighted by Crippen LogP contribution is 2.29. The number of nitrogens with one attached hydrogen (secondary N) is 1. The van der Waals surface area contributed by atoms with Crippen molar-refractivity contribution in [3.8, 4) is 11.5 Å². The molecular weight excluding hydrogens is 463 g/mol. The molecule has 6 nitrogen and oxygen atoms in total. The third kappa shape index (κ3) is 7.27. The van der Waals surface area contributed by atoms with Crippen LogP contribution in [0.2, 0.25) is 10.0 Å². The van der Waals surface area contributed by atoms with E-state index in [9.17, 15) is 9.59 Å². The number of rotatable bonds is 11. The third-order valence-corrected chi connectivity index (χ3v) is 6.34. The van der Waals surface area contributed by atoms with Crippen LogP contribution in [0.1, 0.15) is 44.7 Å². The van der Waals surface area contributed by atoms with Gasteiger partial charge in [0, 0.05) is 34.6 Å². The molecule has 2 aromatic rings. The second-order valence-corrected chi connectivity index (χ2v) is 8.72. The molecule has 0 saturated heterocycles. The number of hydrogen-bond acceptors (Lipinski definition) is 4. The number of ether oxygens (including phenoxy) is 2. The van der Waals surface area contributed by atoms with Crippen LogP contribution in [0.3, 0.4) is 0 Å². The van der Waals surface area contributed by atoms with Crippen LogP contribution in [-0.4, -0.2) is 43.0 Å². The standard InChI is InChI=1S/C25H32Cl2N2O4/c1-6-16(2)28-25(31)17(3)29(15-19-20(26)8-7-9-21(19)27)24(30)13-11-18-10-12-22(32-4)23(14-18)33-5/h7-10,12,14,16-17H,6,11,13,15H2,1-5H3,(H,28,31)/t16-,17+/m0/s1. The van der Waals surface area contributed by atoms with Crippen molar-refractivity contribution < 1.29 is 19.1 Å². The Bertz CT molecular complexity index is 947. The molecule has 0 aliphatic rings. The number of methoxy groups -OCH3 is 2. The van der Waals surface area contributed by atoms with Gasteiger partial charge in [-0.15, -0.1) is 0 Å². The van der Waals surface area contributed by atoms with Crippen LogP contribution in [0.25, 0.3) is 0 Å². The van der Waals surface area contributed by atoms with Crippen molar-refractivity contribution in [1.29, 1.82) is 0 Å². The maximum atomic E-state index is 13.3. The largest absolute Gasteiger partial charge is 0.493 e. The number of carbonyl (C=O) groups is 2. The van der Waals surface area contributed by atoms with E-state index < -0.39 is 6.04 Å². The average molecular weight is 495 g/mol. The first kappa shape index (κ1) is 26.8. The lowest BCUT2D eigenvalue weighted by molar-refractivity contribution is -0.140. The van der Waals surface area contributed by atoms with Gasteiger partial charge >= 0.3 is 0 Å². The molecule has 2 amide bonds. The molecule has 0 radical (unpaired) electrons. The Kier molecular flexibility index (Phi) is 10.3. The minimum absolute atomic E-state index is 0.00701. The lowest BCUT2D eigenvalue weighted by atomic mass is 10.1. The van der Waals surface area contributed by atoms with Crippen LogP contribution in [0, 0.1) is 0 Å². The fourth-order valence-electron chi connectivity index (χ4n) is 3.33. The van der Waals surface area contributed by atoms with Gasteiger partial charge in [-0.3, -0.25) is 9.59 Å². The first-order chi connectivity index (χ1) is 15.7. The van der Waals surface area contributed by atoms with Crippen LogP contribution in [0.15, 0.2) is 36.4 Å². The first-order valence-electron chi connectivity index (χ1n) is 10.9. The van der Waals surface area contributed by atoms with Crippen LogP contribution >= 0.6 is 23.2 Å². The average Bonchev–Trinajstić information content (AvgIpc) is 2.81. The number of nitrogens with zero attached hydrogens (tertiary/aromatic N) is 1. The van der Waals surface area contributed by atoms with Crippen LogP contribution < -0.4 is 14.8 Å². The number of amides is 2. The molecule has 0 unspecified atom stereocenters. The molecule has 0 spiro atoms. The summed E-state index contributed by atoms with van der Waals surface area (Å²) < 4.78 is 10.6. The van der Waals surface area contributed by atoms with Crippen LogP contribution in [0.4, 0.5) is 0 Å². The second-order valence-electron chi connectivity index (χ2n) is 7.91. The predicted octanol–water partition coefficient (Wildman–Crippen LogP) is 5.28. The zero-order valence-corrected chi connectivity index (χ0v) is 21.3. The van der Waals surface area contributed by atoms with Crippen molar-refractivity contribution >= 4 is 35.0 Å². The number of halogens is 2. The summed E-state index contributed by atoms with van der Waals surface area (Å²) in [6.45, 7) is 5.78. The molecule has 2 rings (SSSR count). The van der Waals surface area contributed by atoms with E-state index >= 15 is 0 Å². The van der Waals surface area contributed by atoms with Crippen LogP contribution in [-0.2, 0) is 22.6 Å². The predicted molar refractivity (Wildman–Crippen MR) is 132 cm³/mol. The molecule has 0 bridgehead atoms. The van der Waals surface area contributed by atoms with Crippen molar-refractivity contribution in [2.24, 2.45) is 0 Å². The van der Waals surface area contributed by atoms with Gasteiger partial charge in [0.25, 0.3) is 0 Å². The van der Waals surface area contributed by atoms with Gasteiger partial charge in [-0.1, -0.05) is 42.3 Å². The topological polar surface area (TPSA) is 67.9 Å². The summed E-state index contributed by atoms with van der Waals surface area (Å²) in [5.74, 6) is 0.834. The minimum Gasteiger partial charge on any atom is -0.493 e. The molecule has 0 fully saturated rings. The van der Waals surface area contributed by atoms with Gasteiger partial charge in [0.2, 0.25) is 11.8 Å². The third-order valence-electron chi connectivity index (χ3n) is 5.63. The first-order valence-corrected chi connectivity index (χ1v) is 11.7. The highest BCUT2D eigenvalue weighted by atomic mass is 35.5. The van der Waals surface area contributed by atoms with Gasteiger partial charge in [-0.05, 0) is 56.5 Å². The fourth-order valence-corrected chi connectivity index (χ4v) is 3.85. The normalized spacial score (nSPS) is 12.6. The number of aryl methyl sites for hydroxylation is 1. The molecule has 8 heteroatoms. The molecule has 0 aliphatic carbocycles. The maximum absolute atomic E-state index is 13.3. The molecule has 0 aliphatic heterocycles. The molecule has 0 aromatic heterocycles. The summed E-state index contributed by atoms with van der Waals surface area (Å²) in [6, 6.07) is 10.1. The number of hydrogen-bond donors (Lipinski definition) is 1. The second kappa shape index (κ2) is 12.7. The zero-order chi connectivity index (χ0) is 24.5. The molecule has 0 saturated carbocycles. The summed E-state index contributed by atoms with van der Waals surface area (Å²) >= 11 is 12.7. The summed E-state index contributed by atoms with van der Waals surface area (Å²) in [4.78, 5) is 27.7. The smallest absolute Gasteiger partial charge is 0.242 e. The van der Waals surface area contributed by atoms with Gasteiger partial charge in [-0.2, -0.15) is 0 Å². The fraction of sp³-hybridized carbons (Fsp3) is 0.440. The van der Waals surface area contributed by atoms with Crippen molar-refractivity contribution in [3.05, 3.63) is 57.6 Å². The van der Waals surface area contributed by atoms with Gasteiger partial charge in [0.15, 0.2) is 11.5 Å². The van der Waals surface area contributed by atoms with Gasteiger partial charge in [0.05, 0.1) is 14.2 Å². The maximum Gasteiger partial charge on any atom is 0.242 e. The quantitative estimate of drug-likeness (QED) is 0.461. The van der Waals surface area contributed by atoms with E-state index in [2.05, 4.69) is 5.32 Å². The molecule has 33 heavy (non-hydrogen) atoms. The summed E-state index contributed by atoms with van der Waals surface area (Å²) in [5, 5.41) is 3.86. The van der Waals surface area contributed by atoms with Gasteiger partial charge < -0.3 is 19.7 Å². The summed E-state index contributed by atoms with van der Waals surface area (Å²) in [6.07, 6.45) is 1.48. The highest BCUT2D eigenvalue weighted by Gasteiger charge is 2.28. The Hall–Kier alpha value is -2.44. The molecular formula is C25H32Cl2N2O4. The van der Waals surface area contributed by atoms with E-state index in [1.807, 2.05) is 32.0 Å². The molecule has 2 atom stereocenters. The van der Waals surface area contributed by atoms with Crippen molar-refractivity contribution in [2.75, 3.05) is 14.2 Å². The Morgan fingerprint density at radius 3 is 2.24 bits per heavy atom. The van der Waals surface area contributed by atoms with E-state index in [4.69, 9.17) is 32.7 Å². The van der Waals surface area contributed by atoms with E-state index in [-0.39, 0.29) is 30.8 Å². The summed E-state index contributed by atoms with van der Waals surface area (Å²) in [5.41, 5.74) is 1.54. The summed E-state index contributed by atoms with van der Waals surface area (Å²) in [7, 11) is 3.14. The van der Waals surface area contributed by atoms with Crippen LogP contribution in [0.5, 0.6) is 11.5 Å². The lowest BCUT2D eigenvalue weighted by Crippen LogP contribution is -2.49. The SMILES string of the molecule is CC[C@H](C)NC(=O)[C@@H](C)N(Cc1c(Cl)cccc1Cl)C(=O)CCc1ccc(OC)c(OC)c1. The molecule has 2 aromatic carbocycles. The van der Waals surface area contributed by atoms with Gasteiger partial charge in [-0.25, -0.2) is 0 Å². The number of carbonyl (C=O) groups excluding carboxylic acids is 2. The Balaban J connectivity index is 2.24. The van der Waals surface area contributed by atoms with Crippen molar-refractivity contribution in [2.45, 2.75) is 58.7 Å².